The van der Waals surface area contributed by atoms with Crippen molar-refractivity contribution in [1.82, 2.24) is 0 Å². The Kier molecular flexibility index (Phi) is 1.97. The van der Waals surface area contributed by atoms with Gasteiger partial charge in [0.15, 0.2) is 0 Å². The highest BCUT2D eigenvalue weighted by molar-refractivity contribution is 5.83. The second kappa shape index (κ2) is 2.86. The van der Waals surface area contributed by atoms with Crippen LogP contribution in [-0.2, 0) is 4.79 Å². The first-order valence-electron chi connectivity index (χ1n) is 5.28. The lowest BCUT2D eigenvalue weighted by molar-refractivity contribution is -0.118. The summed E-state index contributed by atoms with van der Waals surface area (Å²) in [7, 11) is 0. The maximum absolute atomic E-state index is 11.1. The maximum atomic E-state index is 11.1. The molecule has 0 aliphatic heterocycles. The summed E-state index contributed by atoms with van der Waals surface area (Å²) in [4.78, 5) is 11.1. The molecule has 0 bridgehead atoms. The number of hydrogen-bond donors (Lipinski definition) is 0. The topological polar surface area (TPSA) is 17.1 Å². The molecule has 0 aromatic heterocycles. The minimum atomic E-state index is 0.530. The summed E-state index contributed by atoms with van der Waals surface area (Å²) in [5, 5.41) is 0. The van der Waals surface area contributed by atoms with Gasteiger partial charge in [0.05, 0.1) is 0 Å². The van der Waals surface area contributed by atoms with Crippen molar-refractivity contribution in [2.75, 3.05) is 0 Å². The molecule has 0 aromatic rings. The third kappa shape index (κ3) is 1.30. The van der Waals surface area contributed by atoms with Gasteiger partial charge in [0.1, 0.15) is 5.78 Å². The standard InChI is InChI=1S/C11H18O/c1-2-3-4-5-11-7-9(11)6-10(12)8-11/h9H,2-8H2,1H3. The predicted octanol–water partition coefficient (Wildman–Crippen LogP) is 2.94. The van der Waals surface area contributed by atoms with Crippen molar-refractivity contribution < 1.29 is 4.79 Å². The molecule has 0 spiro atoms. The Balaban J connectivity index is 1.78. The Bertz CT molecular complexity index is 197. The van der Waals surface area contributed by atoms with E-state index in [1.165, 1.54) is 32.1 Å². The Morgan fingerprint density at radius 1 is 1.50 bits per heavy atom. The van der Waals surface area contributed by atoms with Gasteiger partial charge in [0.25, 0.3) is 0 Å². The average molecular weight is 166 g/mol. The third-order valence-corrected chi connectivity index (χ3v) is 3.66. The van der Waals surface area contributed by atoms with Gasteiger partial charge >= 0.3 is 0 Å². The second-order valence-corrected chi connectivity index (χ2v) is 4.64. The van der Waals surface area contributed by atoms with Crippen LogP contribution in [-0.4, -0.2) is 5.78 Å². The molecule has 0 radical (unpaired) electrons. The molecule has 2 atom stereocenters. The van der Waals surface area contributed by atoms with Crippen LogP contribution in [0.25, 0.3) is 0 Å². The Morgan fingerprint density at radius 2 is 2.33 bits per heavy atom. The van der Waals surface area contributed by atoms with Crippen LogP contribution in [0, 0.1) is 11.3 Å². The summed E-state index contributed by atoms with van der Waals surface area (Å²) in [6, 6.07) is 0. The molecule has 2 saturated carbocycles. The predicted molar refractivity (Wildman–Crippen MR) is 48.9 cm³/mol. The first-order valence-corrected chi connectivity index (χ1v) is 5.28. The van der Waals surface area contributed by atoms with Gasteiger partial charge in [0.2, 0.25) is 0 Å². The monoisotopic (exact) mass is 166 g/mol. The quantitative estimate of drug-likeness (QED) is 0.587. The number of Topliss-reactive ketones (excluding diaryl/α,β-unsaturated/α-hetero) is 1. The lowest BCUT2D eigenvalue weighted by Crippen LogP contribution is -2.01. The van der Waals surface area contributed by atoms with Crippen LogP contribution in [0.15, 0.2) is 0 Å². The van der Waals surface area contributed by atoms with Crippen molar-refractivity contribution in [3.05, 3.63) is 0 Å². The molecule has 68 valence electrons. The number of rotatable bonds is 4. The van der Waals surface area contributed by atoms with Crippen LogP contribution in [0.5, 0.6) is 0 Å². The lowest BCUT2D eigenvalue weighted by Gasteiger charge is -2.09. The van der Waals surface area contributed by atoms with Crippen LogP contribution in [0.2, 0.25) is 0 Å². The molecular formula is C11H18O. The zero-order valence-corrected chi connectivity index (χ0v) is 7.94. The first-order chi connectivity index (χ1) is 5.77. The lowest BCUT2D eigenvalue weighted by atomic mass is 9.95. The fraction of sp³-hybridized carbons (Fsp3) is 0.909. The van der Waals surface area contributed by atoms with E-state index in [4.69, 9.17) is 0 Å². The Labute approximate surface area is 74.5 Å². The van der Waals surface area contributed by atoms with Crippen molar-refractivity contribution in [2.24, 2.45) is 11.3 Å². The largest absolute Gasteiger partial charge is 0.300 e. The zero-order valence-electron chi connectivity index (χ0n) is 7.94. The normalized spacial score (nSPS) is 38.4. The molecule has 0 saturated heterocycles. The number of ketones is 1. The molecule has 1 nitrogen and oxygen atoms in total. The SMILES string of the molecule is CCCCCC12CC(=O)CC1C2. The van der Waals surface area contributed by atoms with Gasteiger partial charge in [-0.05, 0) is 24.2 Å². The van der Waals surface area contributed by atoms with Crippen LogP contribution in [0.1, 0.15) is 51.9 Å². The van der Waals surface area contributed by atoms with Gasteiger partial charge in [-0.15, -0.1) is 0 Å². The number of unbranched alkanes of at least 4 members (excludes halogenated alkanes) is 2. The molecule has 0 aromatic carbocycles. The molecule has 2 aliphatic rings. The summed E-state index contributed by atoms with van der Waals surface area (Å²) < 4.78 is 0. The van der Waals surface area contributed by atoms with Crippen molar-refractivity contribution in [2.45, 2.75) is 51.9 Å². The molecule has 2 rings (SSSR count). The van der Waals surface area contributed by atoms with E-state index in [1.54, 1.807) is 0 Å². The minimum absolute atomic E-state index is 0.530. The van der Waals surface area contributed by atoms with E-state index in [2.05, 4.69) is 6.92 Å². The molecule has 0 amide bonds. The fourth-order valence-electron chi connectivity index (χ4n) is 2.80. The van der Waals surface area contributed by atoms with Gasteiger partial charge in [-0.1, -0.05) is 26.2 Å². The van der Waals surface area contributed by atoms with Gasteiger partial charge in [-0.3, -0.25) is 4.79 Å². The van der Waals surface area contributed by atoms with Crippen molar-refractivity contribution >= 4 is 5.78 Å². The van der Waals surface area contributed by atoms with Crippen molar-refractivity contribution in [3.63, 3.8) is 0 Å². The number of hydrogen-bond acceptors (Lipinski definition) is 1. The van der Waals surface area contributed by atoms with E-state index < -0.39 is 0 Å². The highest BCUT2D eigenvalue weighted by Gasteiger charge is 2.58. The zero-order chi connectivity index (χ0) is 8.60. The minimum Gasteiger partial charge on any atom is -0.300 e. The average Bonchev–Trinajstić information content (AvgIpc) is 2.55. The molecule has 2 aliphatic carbocycles. The molecule has 0 heterocycles. The van der Waals surface area contributed by atoms with E-state index in [1.807, 2.05) is 0 Å². The first kappa shape index (κ1) is 8.28. The molecule has 0 N–H and O–H groups in total. The van der Waals surface area contributed by atoms with Crippen molar-refractivity contribution in [3.8, 4) is 0 Å². The van der Waals surface area contributed by atoms with E-state index in [-0.39, 0.29) is 0 Å². The highest BCUT2D eigenvalue weighted by Crippen LogP contribution is 2.64. The van der Waals surface area contributed by atoms with E-state index in [0.717, 1.165) is 18.8 Å². The van der Waals surface area contributed by atoms with Crippen LogP contribution in [0.4, 0.5) is 0 Å². The highest BCUT2D eigenvalue weighted by atomic mass is 16.1. The van der Waals surface area contributed by atoms with Crippen LogP contribution in [0.3, 0.4) is 0 Å². The van der Waals surface area contributed by atoms with Gasteiger partial charge in [-0.2, -0.15) is 0 Å². The number of carbonyl (C=O) groups is 1. The number of carbonyl (C=O) groups excluding carboxylic acids is 1. The third-order valence-electron chi connectivity index (χ3n) is 3.66. The fourth-order valence-corrected chi connectivity index (χ4v) is 2.80. The summed E-state index contributed by atoms with van der Waals surface area (Å²) >= 11 is 0. The van der Waals surface area contributed by atoms with Gasteiger partial charge in [-0.25, -0.2) is 0 Å². The maximum Gasteiger partial charge on any atom is 0.133 e. The van der Waals surface area contributed by atoms with Crippen molar-refractivity contribution in [1.29, 1.82) is 0 Å². The number of fused-ring (bicyclic) bond motifs is 1. The van der Waals surface area contributed by atoms with Crippen LogP contribution < -0.4 is 0 Å². The molecule has 12 heavy (non-hydrogen) atoms. The Morgan fingerprint density at radius 3 is 2.92 bits per heavy atom. The Hall–Kier alpha value is -0.330. The second-order valence-electron chi connectivity index (χ2n) is 4.64. The molecular weight excluding hydrogens is 148 g/mol. The summed E-state index contributed by atoms with van der Waals surface area (Å²) in [5.41, 5.74) is 0.534. The molecule has 2 unspecified atom stereocenters. The van der Waals surface area contributed by atoms with Gasteiger partial charge < -0.3 is 0 Å². The smallest absolute Gasteiger partial charge is 0.133 e. The van der Waals surface area contributed by atoms with E-state index >= 15 is 0 Å². The van der Waals surface area contributed by atoms with Crippen LogP contribution >= 0.6 is 0 Å². The molecule has 2 fully saturated rings. The summed E-state index contributed by atoms with van der Waals surface area (Å²) in [6.45, 7) is 2.24. The summed E-state index contributed by atoms with van der Waals surface area (Å²) in [6.07, 6.45) is 8.52. The summed E-state index contributed by atoms with van der Waals surface area (Å²) in [5.74, 6) is 1.34. The van der Waals surface area contributed by atoms with E-state index in [9.17, 15) is 4.79 Å². The van der Waals surface area contributed by atoms with Gasteiger partial charge in [0, 0.05) is 12.8 Å². The molecule has 1 heteroatoms. The van der Waals surface area contributed by atoms with E-state index in [0.29, 0.717) is 11.2 Å².